The van der Waals surface area contributed by atoms with Crippen LogP contribution in [0.5, 0.6) is 5.75 Å². The summed E-state index contributed by atoms with van der Waals surface area (Å²) in [5, 5.41) is 21.0. The SMILES string of the molecule is O=C(NC1=CC(=O)C2(CO)OC2C1=O)c1ccccc1O. The van der Waals surface area contributed by atoms with Crippen molar-refractivity contribution < 1.29 is 29.3 Å². The van der Waals surface area contributed by atoms with Gasteiger partial charge in [-0.2, -0.15) is 0 Å². The molecule has 1 aromatic carbocycles. The minimum atomic E-state index is -1.47. The van der Waals surface area contributed by atoms with E-state index in [1.807, 2.05) is 0 Å². The van der Waals surface area contributed by atoms with Crippen LogP contribution in [0.1, 0.15) is 10.4 Å². The Morgan fingerprint density at radius 3 is 2.71 bits per heavy atom. The van der Waals surface area contributed by atoms with E-state index in [0.29, 0.717) is 0 Å². The third-order valence-corrected chi connectivity index (χ3v) is 3.52. The number of phenols is 1. The number of ketones is 2. The number of rotatable bonds is 3. The van der Waals surface area contributed by atoms with Gasteiger partial charge in [-0.15, -0.1) is 0 Å². The van der Waals surface area contributed by atoms with Crippen molar-refractivity contribution >= 4 is 17.5 Å². The van der Waals surface area contributed by atoms with Crippen molar-refractivity contribution in [3.8, 4) is 5.75 Å². The molecule has 2 aliphatic rings. The van der Waals surface area contributed by atoms with Crippen molar-refractivity contribution in [3.05, 3.63) is 41.6 Å². The highest BCUT2D eigenvalue weighted by molar-refractivity contribution is 6.19. The molecule has 0 radical (unpaired) electrons. The van der Waals surface area contributed by atoms with Gasteiger partial charge in [-0.3, -0.25) is 14.4 Å². The second kappa shape index (κ2) is 4.51. The first-order valence-corrected chi connectivity index (χ1v) is 6.18. The van der Waals surface area contributed by atoms with Gasteiger partial charge in [-0.05, 0) is 12.1 Å². The second-order valence-electron chi connectivity index (χ2n) is 4.80. The molecule has 1 aliphatic heterocycles. The maximum absolute atomic E-state index is 12.0. The number of Topliss-reactive ketones (excluding diaryl/α,β-unsaturated/α-hetero) is 1. The van der Waals surface area contributed by atoms with E-state index >= 15 is 0 Å². The Morgan fingerprint density at radius 2 is 2.05 bits per heavy atom. The van der Waals surface area contributed by atoms with Gasteiger partial charge in [0.25, 0.3) is 5.91 Å². The maximum Gasteiger partial charge on any atom is 0.259 e. The van der Waals surface area contributed by atoms with Crippen LogP contribution in [0, 0.1) is 0 Å². The first-order valence-electron chi connectivity index (χ1n) is 6.18. The van der Waals surface area contributed by atoms with Gasteiger partial charge in [0.05, 0.1) is 17.9 Å². The van der Waals surface area contributed by atoms with E-state index in [2.05, 4.69) is 5.32 Å². The number of phenolic OH excluding ortho intramolecular Hbond substituents is 1. The Labute approximate surface area is 118 Å². The Hall–Kier alpha value is -2.51. The van der Waals surface area contributed by atoms with E-state index < -0.39 is 35.8 Å². The lowest BCUT2D eigenvalue weighted by Crippen LogP contribution is -2.41. The average Bonchev–Trinajstić information content (AvgIpc) is 3.22. The second-order valence-corrected chi connectivity index (χ2v) is 4.80. The van der Waals surface area contributed by atoms with Gasteiger partial charge in [-0.1, -0.05) is 12.1 Å². The number of aliphatic hydroxyl groups excluding tert-OH is 1. The highest BCUT2D eigenvalue weighted by Crippen LogP contribution is 2.42. The molecule has 0 saturated carbocycles. The number of aliphatic hydroxyl groups is 1. The average molecular weight is 289 g/mol. The lowest BCUT2D eigenvalue weighted by molar-refractivity contribution is -0.123. The summed E-state index contributed by atoms with van der Waals surface area (Å²) in [6.45, 7) is -0.584. The maximum atomic E-state index is 12.0. The van der Waals surface area contributed by atoms with Crippen LogP contribution in [-0.2, 0) is 14.3 Å². The molecule has 3 rings (SSSR count). The third-order valence-electron chi connectivity index (χ3n) is 3.52. The van der Waals surface area contributed by atoms with Gasteiger partial charge in [0.1, 0.15) is 5.75 Å². The van der Waals surface area contributed by atoms with Gasteiger partial charge in [0.2, 0.25) is 5.78 Å². The Balaban J connectivity index is 1.83. The van der Waals surface area contributed by atoms with Crippen LogP contribution in [0.25, 0.3) is 0 Å². The van der Waals surface area contributed by atoms with Crippen LogP contribution in [0.15, 0.2) is 36.0 Å². The summed E-state index contributed by atoms with van der Waals surface area (Å²) in [6.07, 6.45) is -0.111. The first-order chi connectivity index (χ1) is 9.99. The number of amides is 1. The van der Waals surface area contributed by atoms with E-state index in [1.165, 1.54) is 12.1 Å². The third kappa shape index (κ3) is 1.94. The predicted octanol–water partition coefficient (Wildman–Crippen LogP) is -0.712. The standard InChI is InChI=1S/C14H11NO6/c16-6-14-10(18)5-8(11(19)12(14)21-14)15-13(20)7-3-1-2-4-9(7)17/h1-5,12,16-17H,6H2,(H,15,20). The number of epoxide rings is 1. The number of fused-ring (bicyclic) bond motifs is 1. The topological polar surface area (TPSA) is 116 Å². The zero-order valence-electron chi connectivity index (χ0n) is 10.7. The molecule has 0 aromatic heterocycles. The van der Waals surface area contributed by atoms with Crippen molar-refractivity contribution in [2.24, 2.45) is 0 Å². The number of hydrogen-bond donors (Lipinski definition) is 3. The quantitative estimate of drug-likeness (QED) is 0.633. The normalized spacial score (nSPS) is 26.9. The molecule has 1 aromatic rings. The van der Waals surface area contributed by atoms with Gasteiger partial charge >= 0.3 is 0 Å². The number of ether oxygens (including phenoxy) is 1. The summed E-state index contributed by atoms with van der Waals surface area (Å²) in [5.74, 6) is -2.09. The zero-order valence-corrected chi connectivity index (χ0v) is 10.7. The van der Waals surface area contributed by atoms with Crippen LogP contribution in [0.4, 0.5) is 0 Å². The fourth-order valence-electron chi connectivity index (χ4n) is 2.25. The molecule has 1 fully saturated rings. The monoisotopic (exact) mass is 289 g/mol. The molecule has 7 nitrogen and oxygen atoms in total. The number of aromatic hydroxyl groups is 1. The van der Waals surface area contributed by atoms with E-state index in [-0.39, 0.29) is 17.0 Å². The van der Waals surface area contributed by atoms with E-state index in [9.17, 15) is 19.5 Å². The van der Waals surface area contributed by atoms with E-state index in [1.54, 1.807) is 12.1 Å². The molecule has 3 N–H and O–H groups in total. The van der Waals surface area contributed by atoms with Crippen LogP contribution >= 0.6 is 0 Å². The first kappa shape index (κ1) is 13.5. The Bertz CT molecular complexity index is 694. The number of carbonyl (C=O) groups is 3. The zero-order chi connectivity index (χ0) is 15.2. The molecule has 2 atom stereocenters. The Morgan fingerprint density at radius 1 is 1.33 bits per heavy atom. The fraction of sp³-hybridized carbons (Fsp3) is 0.214. The molecule has 1 aliphatic carbocycles. The number of benzene rings is 1. The van der Waals surface area contributed by atoms with Crippen LogP contribution < -0.4 is 5.32 Å². The highest BCUT2D eigenvalue weighted by atomic mass is 16.6. The lowest BCUT2D eigenvalue weighted by atomic mass is 9.90. The fourth-order valence-corrected chi connectivity index (χ4v) is 2.25. The molecule has 7 heteroatoms. The number of carbonyl (C=O) groups excluding carboxylic acids is 3. The van der Waals surface area contributed by atoms with Gasteiger partial charge in [-0.25, -0.2) is 0 Å². The Kier molecular flexibility index (Phi) is 2.89. The highest BCUT2D eigenvalue weighted by Gasteiger charge is 2.67. The van der Waals surface area contributed by atoms with E-state index in [4.69, 9.17) is 9.84 Å². The van der Waals surface area contributed by atoms with E-state index in [0.717, 1.165) is 6.08 Å². The largest absolute Gasteiger partial charge is 0.507 e. The summed E-state index contributed by atoms with van der Waals surface area (Å²) in [4.78, 5) is 35.8. The molecule has 108 valence electrons. The summed E-state index contributed by atoms with van der Waals surface area (Å²) in [7, 11) is 0. The molecule has 1 saturated heterocycles. The van der Waals surface area contributed by atoms with Gasteiger partial charge in [0.15, 0.2) is 17.5 Å². The molecule has 2 unspecified atom stereocenters. The summed E-state index contributed by atoms with van der Waals surface area (Å²) < 4.78 is 4.98. The lowest BCUT2D eigenvalue weighted by Gasteiger charge is -2.14. The molecular weight excluding hydrogens is 278 g/mol. The van der Waals surface area contributed by atoms with Crippen LogP contribution in [-0.4, -0.2) is 46.0 Å². The van der Waals surface area contributed by atoms with Crippen molar-refractivity contribution in [2.75, 3.05) is 6.61 Å². The van der Waals surface area contributed by atoms with Gasteiger partial charge < -0.3 is 20.3 Å². The van der Waals surface area contributed by atoms with Gasteiger partial charge in [0, 0.05) is 6.08 Å². The number of hydrogen-bond acceptors (Lipinski definition) is 6. The molecule has 0 spiro atoms. The smallest absolute Gasteiger partial charge is 0.259 e. The predicted molar refractivity (Wildman–Crippen MR) is 68.4 cm³/mol. The van der Waals surface area contributed by atoms with Crippen LogP contribution in [0.2, 0.25) is 0 Å². The molecule has 21 heavy (non-hydrogen) atoms. The summed E-state index contributed by atoms with van der Waals surface area (Å²) in [6, 6.07) is 5.82. The minimum absolute atomic E-state index is 0.0191. The number of nitrogens with one attached hydrogen (secondary N) is 1. The van der Waals surface area contributed by atoms with Crippen molar-refractivity contribution in [1.29, 1.82) is 0 Å². The minimum Gasteiger partial charge on any atom is -0.507 e. The molecule has 0 bridgehead atoms. The van der Waals surface area contributed by atoms with Crippen molar-refractivity contribution in [3.63, 3.8) is 0 Å². The van der Waals surface area contributed by atoms with Crippen molar-refractivity contribution in [1.82, 2.24) is 5.32 Å². The van der Waals surface area contributed by atoms with Crippen LogP contribution in [0.3, 0.4) is 0 Å². The molecule has 1 heterocycles. The molecule has 1 amide bonds. The summed E-state index contributed by atoms with van der Waals surface area (Å²) >= 11 is 0. The summed E-state index contributed by atoms with van der Waals surface area (Å²) in [5.41, 5.74) is -1.70. The number of para-hydroxylation sites is 1. The molecular formula is C14H11NO6. The van der Waals surface area contributed by atoms with Crippen molar-refractivity contribution in [2.45, 2.75) is 11.7 Å².